The zero-order valence-corrected chi connectivity index (χ0v) is 17.4. The number of nitriles is 2. The first-order valence-electron chi connectivity index (χ1n) is 10.4. The predicted octanol–water partition coefficient (Wildman–Crippen LogP) is 3.37. The van der Waals surface area contributed by atoms with Crippen LogP contribution in [0.5, 0.6) is 5.75 Å². The topological polar surface area (TPSA) is 89.2 Å². The molecule has 2 fully saturated rings. The quantitative estimate of drug-likeness (QED) is 0.704. The lowest BCUT2D eigenvalue weighted by Gasteiger charge is -2.31. The Morgan fingerprint density at radius 1 is 1.16 bits per heavy atom. The van der Waals surface area contributed by atoms with E-state index < -0.39 is 17.8 Å². The van der Waals surface area contributed by atoms with Gasteiger partial charge in [-0.05, 0) is 56.7 Å². The molecule has 1 aromatic carbocycles. The number of halogens is 3. The SMILES string of the molecule is C#C[C@H]1CC[C@@H](C#N)N1C(=O)CNC1CCC(Oc2ccc(C(F)(F)F)cc2C#N)CC1. The fourth-order valence-corrected chi connectivity index (χ4v) is 4.23. The summed E-state index contributed by atoms with van der Waals surface area (Å²) in [6, 6.07) is 6.02. The molecule has 32 heavy (non-hydrogen) atoms. The van der Waals surface area contributed by atoms with E-state index in [1.54, 1.807) is 6.07 Å². The summed E-state index contributed by atoms with van der Waals surface area (Å²) in [7, 11) is 0. The third-order valence-electron chi connectivity index (χ3n) is 5.95. The van der Waals surface area contributed by atoms with E-state index in [1.807, 2.05) is 0 Å². The van der Waals surface area contributed by atoms with Crippen molar-refractivity contribution in [2.75, 3.05) is 6.54 Å². The van der Waals surface area contributed by atoms with Gasteiger partial charge in [-0.25, -0.2) is 0 Å². The van der Waals surface area contributed by atoms with Gasteiger partial charge in [0.15, 0.2) is 0 Å². The number of ether oxygens (including phenoxy) is 1. The van der Waals surface area contributed by atoms with E-state index in [0.29, 0.717) is 38.5 Å². The molecular weight excluding hydrogens is 421 g/mol. The van der Waals surface area contributed by atoms with Crippen LogP contribution in [0.1, 0.15) is 49.7 Å². The van der Waals surface area contributed by atoms with Crippen LogP contribution in [0.3, 0.4) is 0 Å². The number of benzene rings is 1. The second-order valence-electron chi connectivity index (χ2n) is 8.00. The van der Waals surface area contributed by atoms with Gasteiger partial charge in [0.25, 0.3) is 0 Å². The molecule has 0 bridgehead atoms. The Morgan fingerprint density at radius 2 is 1.84 bits per heavy atom. The number of alkyl halides is 3. The van der Waals surface area contributed by atoms with Crippen molar-refractivity contribution >= 4 is 5.91 Å². The summed E-state index contributed by atoms with van der Waals surface area (Å²) in [5, 5.41) is 21.6. The Labute approximate surface area is 184 Å². The first-order valence-corrected chi connectivity index (χ1v) is 10.4. The summed E-state index contributed by atoms with van der Waals surface area (Å²) in [5.41, 5.74) is -1.03. The Kier molecular flexibility index (Phi) is 7.28. The van der Waals surface area contributed by atoms with Crippen molar-refractivity contribution in [1.29, 1.82) is 10.5 Å². The molecule has 1 heterocycles. The Bertz CT molecular complexity index is 943. The summed E-state index contributed by atoms with van der Waals surface area (Å²) in [5.74, 6) is 2.52. The maximum absolute atomic E-state index is 12.8. The minimum atomic E-state index is -4.52. The van der Waals surface area contributed by atoms with Crippen LogP contribution >= 0.6 is 0 Å². The summed E-state index contributed by atoms with van der Waals surface area (Å²) < 4.78 is 44.3. The highest BCUT2D eigenvalue weighted by molar-refractivity contribution is 5.80. The van der Waals surface area contributed by atoms with Gasteiger partial charge in [0.1, 0.15) is 17.9 Å². The maximum atomic E-state index is 12.8. The number of amides is 1. The lowest BCUT2D eigenvalue weighted by Crippen LogP contribution is -2.47. The van der Waals surface area contributed by atoms with Crippen LogP contribution in [0, 0.1) is 35.0 Å². The van der Waals surface area contributed by atoms with Gasteiger partial charge in [-0.3, -0.25) is 4.79 Å². The largest absolute Gasteiger partial charge is 0.489 e. The number of carbonyl (C=O) groups excluding carboxylic acids is 1. The van der Waals surface area contributed by atoms with Crippen LogP contribution in [0.2, 0.25) is 0 Å². The van der Waals surface area contributed by atoms with Crippen LogP contribution in [0.4, 0.5) is 13.2 Å². The fourth-order valence-electron chi connectivity index (χ4n) is 4.23. The van der Waals surface area contributed by atoms with Crippen molar-refractivity contribution < 1.29 is 22.7 Å². The number of terminal acetylenes is 1. The van der Waals surface area contributed by atoms with Crippen molar-refractivity contribution in [3.8, 4) is 30.2 Å². The molecule has 3 rings (SSSR count). The van der Waals surface area contributed by atoms with E-state index >= 15 is 0 Å². The van der Waals surface area contributed by atoms with Gasteiger partial charge in [-0.1, -0.05) is 5.92 Å². The first kappa shape index (κ1) is 23.4. The maximum Gasteiger partial charge on any atom is 0.416 e. The Balaban J connectivity index is 1.50. The van der Waals surface area contributed by atoms with Crippen LogP contribution in [-0.2, 0) is 11.0 Å². The van der Waals surface area contributed by atoms with E-state index in [4.69, 9.17) is 11.2 Å². The highest BCUT2D eigenvalue weighted by atomic mass is 19.4. The van der Waals surface area contributed by atoms with Crippen molar-refractivity contribution in [3.63, 3.8) is 0 Å². The van der Waals surface area contributed by atoms with Crippen LogP contribution < -0.4 is 10.1 Å². The van der Waals surface area contributed by atoms with Gasteiger partial charge in [0.2, 0.25) is 5.91 Å². The monoisotopic (exact) mass is 444 g/mol. The van der Waals surface area contributed by atoms with Gasteiger partial charge < -0.3 is 15.0 Å². The average Bonchev–Trinajstić information content (AvgIpc) is 3.21. The molecule has 1 saturated carbocycles. The van der Waals surface area contributed by atoms with Crippen molar-refractivity contribution in [2.24, 2.45) is 0 Å². The number of nitrogens with zero attached hydrogens (tertiary/aromatic N) is 3. The number of nitrogens with one attached hydrogen (secondary N) is 1. The van der Waals surface area contributed by atoms with Gasteiger partial charge in [-0.15, -0.1) is 6.42 Å². The third-order valence-corrected chi connectivity index (χ3v) is 5.95. The molecule has 0 spiro atoms. The lowest BCUT2D eigenvalue weighted by molar-refractivity contribution is -0.137. The minimum absolute atomic E-state index is 0.0780. The van der Waals surface area contributed by atoms with Crippen molar-refractivity contribution in [1.82, 2.24) is 10.2 Å². The van der Waals surface area contributed by atoms with Crippen LogP contribution in [0.15, 0.2) is 18.2 Å². The van der Waals surface area contributed by atoms with Crippen molar-refractivity contribution in [2.45, 2.75) is 68.9 Å². The zero-order valence-electron chi connectivity index (χ0n) is 17.4. The van der Waals surface area contributed by atoms with Crippen LogP contribution in [-0.4, -0.2) is 41.6 Å². The van der Waals surface area contributed by atoms with E-state index in [0.717, 1.165) is 12.1 Å². The first-order chi connectivity index (χ1) is 15.3. The third kappa shape index (κ3) is 5.33. The standard InChI is InChI=1S/C23H23F3N4O2/c1-2-18-6-7-19(13-28)30(18)22(31)14-29-17-4-8-20(9-5-17)32-21-10-3-16(23(24,25)26)11-15(21)12-27/h1,3,10-11,17-20,29H,4-9,14H2/t17?,18-,19-,20?/m0/s1. The Hall–Kier alpha value is -3.22. The van der Waals surface area contributed by atoms with E-state index in [2.05, 4.69) is 17.3 Å². The molecular formula is C23H23F3N4O2. The molecule has 0 radical (unpaired) electrons. The molecule has 0 unspecified atom stereocenters. The number of hydrogen-bond donors (Lipinski definition) is 1. The minimum Gasteiger partial charge on any atom is -0.489 e. The molecule has 6 nitrogen and oxygen atoms in total. The Morgan fingerprint density at radius 3 is 2.44 bits per heavy atom. The molecule has 1 aromatic rings. The number of carbonyl (C=O) groups is 1. The molecule has 2 aliphatic rings. The summed E-state index contributed by atoms with van der Waals surface area (Å²) >= 11 is 0. The second-order valence-corrected chi connectivity index (χ2v) is 8.00. The van der Waals surface area contributed by atoms with E-state index in [9.17, 15) is 28.5 Å². The van der Waals surface area contributed by atoms with Gasteiger partial charge in [0, 0.05) is 6.04 Å². The van der Waals surface area contributed by atoms with E-state index in [-0.39, 0.29) is 42.0 Å². The molecule has 1 aliphatic heterocycles. The molecule has 168 valence electrons. The lowest BCUT2D eigenvalue weighted by atomic mass is 9.93. The molecule has 0 aromatic heterocycles. The summed E-state index contributed by atoms with van der Waals surface area (Å²) in [4.78, 5) is 14.1. The molecule has 2 atom stereocenters. The molecule has 1 saturated heterocycles. The van der Waals surface area contributed by atoms with Gasteiger partial charge in [0.05, 0.1) is 35.9 Å². The molecule has 1 N–H and O–H groups in total. The summed E-state index contributed by atoms with van der Waals surface area (Å²) in [6.07, 6.45) is 4.63. The van der Waals surface area contributed by atoms with E-state index in [1.165, 1.54) is 11.0 Å². The fraction of sp³-hybridized carbons (Fsp3) is 0.522. The molecule has 9 heteroatoms. The number of likely N-dealkylation sites (tertiary alicyclic amines) is 1. The van der Waals surface area contributed by atoms with Gasteiger partial charge >= 0.3 is 6.18 Å². The smallest absolute Gasteiger partial charge is 0.416 e. The molecule has 1 amide bonds. The summed E-state index contributed by atoms with van der Waals surface area (Å²) in [6.45, 7) is 0.0873. The van der Waals surface area contributed by atoms with Crippen molar-refractivity contribution in [3.05, 3.63) is 29.3 Å². The predicted molar refractivity (Wildman–Crippen MR) is 109 cm³/mol. The van der Waals surface area contributed by atoms with Crippen LogP contribution in [0.25, 0.3) is 0 Å². The normalized spacial score (nSPS) is 25.4. The highest BCUT2D eigenvalue weighted by Gasteiger charge is 2.36. The highest BCUT2D eigenvalue weighted by Crippen LogP contribution is 2.33. The average molecular weight is 444 g/mol. The number of hydrogen-bond acceptors (Lipinski definition) is 5. The zero-order chi connectivity index (χ0) is 23.3. The molecule has 1 aliphatic carbocycles. The van der Waals surface area contributed by atoms with Gasteiger partial charge in [-0.2, -0.15) is 23.7 Å². The number of rotatable bonds is 5. The second kappa shape index (κ2) is 9.94.